The van der Waals surface area contributed by atoms with Crippen molar-refractivity contribution in [2.24, 2.45) is 5.92 Å². The Morgan fingerprint density at radius 1 is 1.12 bits per heavy atom. The van der Waals surface area contributed by atoms with E-state index in [2.05, 4.69) is 20.4 Å². The van der Waals surface area contributed by atoms with Gasteiger partial charge >= 0.3 is 0 Å². The lowest BCUT2D eigenvalue weighted by Crippen LogP contribution is -2.47. The van der Waals surface area contributed by atoms with Gasteiger partial charge in [-0.1, -0.05) is 0 Å². The number of rotatable bonds is 4. The van der Waals surface area contributed by atoms with Gasteiger partial charge in [0.15, 0.2) is 0 Å². The largest absolute Gasteiger partial charge is 0.375 e. The van der Waals surface area contributed by atoms with E-state index in [0.717, 1.165) is 37.7 Å². The molecular weight excluding hydrogens is 330 g/mol. The van der Waals surface area contributed by atoms with E-state index in [4.69, 9.17) is 4.74 Å². The molecule has 3 fully saturated rings. The van der Waals surface area contributed by atoms with Gasteiger partial charge in [-0.3, -0.25) is 14.3 Å². The van der Waals surface area contributed by atoms with Crippen molar-refractivity contribution in [3.8, 4) is 5.69 Å². The minimum absolute atomic E-state index is 0.00943. The van der Waals surface area contributed by atoms with E-state index in [9.17, 15) is 4.79 Å². The van der Waals surface area contributed by atoms with Crippen LogP contribution in [0.4, 0.5) is 0 Å². The van der Waals surface area contributed by atoms with E-state index in [1.54, 1.807) is 12.7 Å². The molecule has 0 radical (unpaired) electrons. The monoisotopic (exact) mass is 353 g/mol. The summed E-state index contributed by atoms with van der Waals surface area (Å²) in [5, 5.41) is 10.8. The van der Waals surface area contributed by atoms with E-state index in [-0.39, 0.29) is 11.9 Å². The second-order valence-electron chi connectivity index (χ2n) is 7.64. The summed E-state index contributed by atoms with van der Waals surface area (Å²) >= 11 is 0. The number of aromatic nitrogens is 3. The van der Waals surface area contributed by atoms with Crippen LogP contribution in [-0.2, 0) is 4.74 Å². The Morgan fingerprint density at radius 3 is 2.62 bits per heavy atom. The Morgan fingerprint density at radius 2 is 1.88 bits per heavy atom. The van der Waals surface area contributed by atoms with Crippen LogP contribution >= 0.6 is 0 Å². The first-order valence-electron chi connectivity index (χ1n) is 9.38. The minimum Gasteiger partial charge on any atom is -0.375 e. The van der Waals surface area contributed by atoms with Crippen molar-refractivity contribution in [3.05, 3.63) is 42.5 Å². The molecule has 136 valence electrons. The third kappa shape index (κ3) is 3.12. The third-order valence-corrected chi connectivity index (χ3v) is 5.77. The highest BCUT2D eigenvalue weighted by molar-refractivity contribution is 5.94. The molecule has 1 N–H and O–H groups in total. The van der Waals surface area contributed by atoms with Crippen molar-refractivity contribution in [1.29, 1.82) is 0 Å². The Balaban J connectivity index is 1.19. The van der Waals surface area contributed by atoms with Gasteiger partial charge in [-0.25, -0.2) is 0 Å². The van der Waals surface area contributed by atoms with Crippen molar-refractivity contribution in [1.82, 2.24) is 25.0 Å². The number of carbonyl (C=O) groups excluding carboxylic acids is 1. The smallest absolute Gasteiger partial charge is 0.251 e. The highest BCUT2D eigenvalue weighted by Crippen LogP contribution is 2.37. The first-order valence-corrected chi connectivity index (χ1v) is 9.38. The molecule has 3 atom stereocenters. The maximum atomic E-state index is 12.6. The molecule has 2 aromatic rings. The van der Waals surface area contributed by atoms with Gasteiger partial charge in [-0.15, -0.1) is 10.2 Å². The second kappa shape index (κ2) is 6.48. The molecule has 26 heavy (non-hydrogen) atoms. The summed E-state index contributed by atoms with van der Waals surface area (Å²) in [5.41, 5.74) is 1.62. The Kier molecular flexibility index (Phi) is 3.98. The summed E-state index contributed by atoms with van der Waals surface area (Å²) in [5.74, 6) is 0.763. The zero-order valence-corrected chi connectivity index (χ0v) is 14.6. The van der Waals surface area contributed by atoms with Crippen LogP contribution in [0.15, 0.2) is 36.9 Å². The summed E-state index contributed by atoms with van der Waals surface area (Å²) < 4.78 is 7.85. The molecule has 1 aromatic heterocycles. The van der Waals surface area contributed by atoms with Gasteiger partial charge in [0.05, 0.1) is 12.7 Å². The number of nitrogens with one attached hydrogen (secondary N) is 1. The van der Waals surface area contributed by atoms with Gasteiger partial charge in [-0.2, -0.15) is 0 Å². The summed E-state index contributed by atoms with van der Waals surface area (Å²) in [6.45, 7) is 2.76. The van der Waals surface area contributed by atoms with Crippen LogP contribution in [0.1, 0.15) is 29.6 Å². The van der Waals surface area contributed by atoms with Crippen LogP contribution in [0.3, 0.4) is 0 Å². The number of fused-ring (bicyclic) bond motifs is 1. The number of nitrogens with zero attached hydrogens (tertiary/aromatic N) is 4. The average Bonchev–Trinajstić information content (AvgIpc) is 3.21. The van der Waals surface area contributed by atoms with Gasteiger partial charge in [0.1, 0.15) is 12.7 Å². The predicted molar refractivity (Wildman–Crippen MR) is 95.1 cm³/mol. The molecule has 1 saturated carbocycles. The summed E-state index contributed by atoms with van der Waals surface area (Å²) in [4.78, 5) is 15.1. The van der Waals surface area contributed by atoms with Crippen molar-refractivity contribution in [3.63, 3.8) is 0 Å². The van der Waals surface area contributed by atoms with Crippen LogP contribution in [0.2, 0.25) is 0 Å². The number of amides is 1. The Bertz CT molecular complexity index is 772. The first kappa shape index (κ1) is 16.0. The predicted octanol–water partition coefficient (Wildman–Crippen LogP) is 1.25. The van der Waals surface area contributed by atoms with E-state index in [1.165, 1.54) is 12.8 Å². The third-order valence-electron chi connectivity index (χ3n) is 5.77. The zero-order chi connectivity index (χ0) is 17.5. The average molecular weight is 353 g/mol. The molecule has 3 heterocycles. The van der Waals surface area contributed by atoms with Crippen molar-refractivity contribution in [2.75, 3.05) is 19.7 Å². The summed E-state index contributed by atoms with van der Waals surface area (Å²) in [7, 11) is 0. The van der Waals surface area contributed by atoms with Crippen LogP contribution in [0.25, 0.3) is 5.69 Å². The molecule has 0 bridgehead atoms. The molecule has 7 heteroatoms. The van der Waals surface area contributed by atoms with Crippen molar-refractivity contribution >= 4 is 5.91 Å². The molecule has 1 amide bonds. The number of hydrogen-bond acceptors (Lipinski definition) is 5. The van der Waals surface area contributed by atoms with Crippen LogP contribution in [0.5, 0.6) is 0 Å². The minimum atomic E-state index is -0.00943. The van der Waals surface area contributed by atoms with Crippen molar-refractivity contribution in [2.45, 2.75) is 37.5 Å². The molecule has 0 spiro atoms. The van der Waals surface area contributed by atoms with E-state index < -0.39 is 0 Å². The molecule has 1 aromatic carbocycles. The van der Waals surface area contributed by atoms with Crippen LogP contribution in [-0.4, -0.2) is 63.5 Å². The SMILES string of the molecule is O=C(N[C@H]1C[C@H]2CO[C@@H](C3CC3)CN2C1)c1ccc(-n2cnnc2)cc1. The lowest BCUT2D eigenvalue weighted by molar-refractivity contribution is -0.0581. The number of hydrogen-bond donors (Lipinski definition) is 1. The number of carbonyl (C=O) groups is 1. The molecule has 0 unspecified atom stereocenters. The standard InChI is InChI=1S/C19H23N5O2/c25-19(14-3-5-16(6-4-14)24-11-20-21-12-24)22-15-7-17-10-26-18(13-1-2-13)9-23(17)8-15/h3-6,11-13,15,17-18H,1-2,7-10H2,(H,22,25)/t15-,17-,18+/m0/s1. The van der Waals surface area contributed by atoms with Gasteiger partial charge in [0, 0.05) is 36.4 Å². The number of ether oxygens (including phenoxy) is 1. The molecule has 2 aliphatic heterocycles. The van der Waals surface area contributed by atoms with E-state index in [0.29, 0.717) is 17.7 Å². The number of benzene rings is 1. The molecule has 2 saturated heterocycles. The van der Waals surface area contributed by atoms with E-state index >= 15 is 0 Å². The quantitative estimate of drug-likeness (QED) is 0.896. The molecule has 5 rings (SSSR count). The lowest BCUT2D eigenvalue weighted by atomic mass is 10.1. The van der Waals surface area contributed by atoms with Gasteiger partial charge in [-0.05, 0) is 49.4 Å². The fourth-order valence-corrected chi connectivity index (χ4v) is 4.15. The second-order valence-corrected chi connectivity index (χ2v) is 7.64. The van der Waals surface area contributed by atoms with Crippen LogP contribution in [0, 0.1) is 5.92 Å². The summed E-state index contributed by atoms with van der Waals surface area (Å²) in [6.07, 6.45) is 7.29. The molecular formula is C19H23N5O2. The van der Waals surface area contributed by atoms with Gasteiger partial charge < -0.3 is 10.1 Å². The Labute approximate surface area is 152 Å². The molecule has 3 aliphatic rings. The normalized spacial score (nSPS) is 28.7. The van der Waals surface area contributed by atoms with Gasteiger partial charge in [0.25, 0.3) is 5.91 Å². The zero-order valence-electron chi connectivity index (χ0n) is 14.6. The highest BCUT2D eigenvalue weighted by Gasteiger charge is 2.42. The highest BCUT2D eigenvalue weighted by atomic mass is 16.5. The topological polar surface area (TPSA) is 72.3 Å². The fraction of sp³-hybridized carbons (Fsp3) is 0.526. The van der Waals surface area contributed by atoms with Gasteiger partial charge in [0.2, 0.25) is 0 Å². The molecule has 7 nitrogen and oxygen atoms in total. The summed E-state index contributed by atoms with van der Waals surface area (Å²) in [6, 6.07) is 8.16. The number of morpholine rings is 1. The fourth-order valence-electron chi connectivity index (χ4n) is 4.15. The molecule has 1 aliphatic carbocycles. The maximum absolute atomic E-state index is 12.6. The van der Waals surface area contributed by atoms with E-state index in [1.807, 2.05) is 28.8 Å². The van der Waals surface area contributed by atoms with Crippen LogP contribution < -0.4 is 5.32 Å². The lowest BCUT2D eigenvalue weighted by Gasteiger charge is -2.35. The first-order chi connectivity index (χ1) is 12.8. The van der Waals surface area contributed by atoms with Crippen molar-refractivity contribution < 1.29 is 9.53 Å². The Hall–Kier alpha value is -2.25. The maximum Gasteiger partial charge on any atom is 0.251 e.